The summed E-state index contributed by atoms with van der Waals surface area (Å²) in [5.41, 5.74) is 1.13. The molecule has 0 aliphatic carbocycles. The first kappa shape index (κ1) is 18.3. The van der Waals surface area contributed by atoms with E-state index in [9.17, 15) is 4.79 Å². The number of aliphatic hydroxyl groups excluding tert-OH is 1. The number of halogens is 1. The highest BCUT2D eigenvalue weighted by Gasteiger charge is 2.09. The van der Waals surface area contributed by atoms with E-state index >= 15 is 0 Å². The van der Waals surface area contributed by atoms with Gasteiger partial charge in [-0.2, -0.15) is 0 Å². The minimum Gasteiger partial charge on any atom is -0.396 e. The van der Waals surface area contributed by atoms with E-state index in [1.54, 1.807) is 11.8 Å². The summed E-state index contributed by atoms with van der Waals surface area (Å²) in [7, 11) is 0. The van der Waals surface area contributed by atoms with E-state index in [-0.39, 0.29) is 12.5 Å². The number of carbonyl (C=O) groups excluding carboxylic acids is 1. The Morgan fingerprint density at radius 2 is 2.24 bits per heavy atom. The highest BCUT2D eigenvalue weighted by atomic mass is 35.5. The maximum atomic E-state index is 11.8. The molecule has 0 aromatic heterocycles. The molecule has 0 saturated heterocycles. The monoisotopic (exact) mass is 329 g/mol. The first-order chi connectivity index (χ1) is 10.2. The third-order valence-electron chi connectivity index (χ3n) is 3.21. The number of carbonyl (C=O) groups is 1. The number of rotatable bonds is 10. The Kier molecular flexibility index (Phi) is 9.55. The van der Waals surface area contributed by atoms with Crippen molar-refractivity contribution < 1.29 is 9.90 Å². The Bertz CT molecular complexity index is 422. The van der Waals surface area contributed by atoms with Gasteiger partial charge in [0.15, 0.2) is 0 Å². The van der Waals surface area contributed by atoms with Crippen molar-refractivity contribution in [3.8, 4) is 0 Å². The zero-order chi connectivity index (χ0) is 15.5. The molecule has 0 heterocycles. The van der Waals surface area contributed by atoms with Crippen molar-refractivity contribution in [1.82, 2.24) is 5.32 Å². The van der Waals surface area contributed by atoms with Gasteiger partial charge in [-0.05, 0) is 36.5 Å². The smallest absolute Gasteiger partial charge is 0.230 e. The Labute approximate surface area is 136 Å². The van der Waals surface area contributed by atoms with Gasteiger partial charge in [0.1, 0.15) is 0 Å². The highest BCUT2D eigenvalue weighted by Crippen LogP contribution is 2.16. The normalized spacial score (nSPS) is 12.1. The molecule has 118 valence electrons. The molecular formula is C16H24ClNO2S. The molecule has 5 heteroatoms. The predicted octanol–water partition coefficient (Wildman–Crippen LogP) is 3.49. The summed E-state index contributed by atoms with van der Waals surface area (Å²) < 4.78 is 0. The average molecular weight is 330 g/mol. The fraction of sp³-hybridized carbons (Fsp3) is 0.562. The lowest BCUT2D eigenvalue weighted by molar-refractivity contribution is -0.118. The molecule has 0 aliphatic rings. The van der Waals surface area contributed by atoms with Gasteiger partial charge in [-0.1, -0.05) is 37.1 Å². The van der Waals surface area contributed by atoms with E-state index in [1.807, 2.05) is 24.3 Å². The summed E-state index contributed by atoms with van der Waals surface area (Å²) in [6.45, 7) is 2.96. The maximum Gasteiger partial charge on any atom is 0.230 e. The summed E-state index contributed by atoms with van der Waals surface area (Å²) >= 11 is 7.50. The molecule has 0 fully saturated rings. The average Bonchev–Trinajstić information content (AvgIpc) is 2.45. The van der Waals surface area contributed by atoms with Crippen LogP contribution in [0.1, 0.15) is 31.7 Å². The van der Waals surface area contributed by atoms with Gasteiger partial charge in [0.25, 0.3) is 0 Å². The van der Waals surface area contributed by atoms with Crippen LogP contribution in [0.4, 0.5) is 0 Å². The van der Waals surface area contributed by atoms with Crippen LogP contribution in [0.25, 0.3) is 0 Å². The predicted molar refractivity (Wildman–Crippen MR) is 90.7 cm³/mol. The molecule has 1 aromatic rings. The standard InChI is InChI=1S/C16H24ClNO2S/c1-2-4-13(7-8-19)10-18-16(20)12-21-11-14-5-3-6-15(17)9-14/h3,5-6,9,13,19H,2,4,7-8,10-12H2,1H3,(H,18,20). The summed E-state index contributed by atoms with van der Waals surface area (Å²) in [5.74, 6) is 1.66. The topological polar surface area (TPSA) is 49.3 Å². The lowest BCUT2D eigenvalue weighted by atomic mass is 10.0. The lowest BCUT2D eigenvalue weighted by Crippen LogP contribution is -2.31. The van der Waals surface area contributed by atoms with Gasteiger partial charge < -0.3 is 10.4 Å². The summed E-state index contributed by atoms with van der Waals surface area (Å²) in [6, 6.07) is 7.69. The second-order valence-corrected chi connectivity index (χ2v) is 6.52. The van der Waals surface area contributed by atoms with E-state index in [0.717, 1.165) is 35.6 Å². The van der Waals surface area contributed by atoms with Crippen molar-refractivity contribution in [3.05, 3.63) is 34.9 Å². The van der Waals surface area contributed by atoms with Gasteiger partial charge in [-0.15, -0.1) is 11.8 Å². The first-order valence-corrected chi connectivity index (χ1v) is 8.88. The lowest BCUT2D eigenvalue weighted by Gasteiger charge is -2.15. The fourth-order valence-corrected chi connectivity index (χ4v) is 3.15. The van der Waals surface area contributed by atoms with Gasteiger partial charge in [0, 0.05) is 23.9 Å². The van der Waals surface area contributed by atoms with Crippen molar-refractivity contribution in [1.29, 1.82) is 0 Å². The number of amides is 1. The van der Waals surface area contributed by atoms with Gasteiger partial charge in [0.2, 0.25) is 5.91 Å². The van der Waals surface area contributed by atoms with Crippen LogP contribution in [0, 0.1) is 5.92 Å². The SMILES string of the molecule is CCCC(CCO)CNC(=O)CSCc1cccc(Cl)c1. The van der Waals surface area contributed by atoms with E-state index in [2.05, 4.69) is 12.2 Å². The van der Waals surface area contributed by atoms with Crippen LogP contribution < -0.4 is 5.32 Å². The maximum absolute atomic E-state index is 11.8. The van der Waals surface area contributed by atoms with Crippen molar-refractivity contribution in [2.45, 2.75) is 31.9 Å². The molecule has 0 aliphatic heterocycles. The van der Waals surface area contributed by atoms with Gasteiger partial charge >= 0.3 is 0 Å². The molecule has 0 saturated carbocycles. The molecular weight excluding hydrogens is 306 g/mol. The number of benzene rings is 1. The number of hydrogen-bond donors (Lipinski definition) is 2. The molecule has 1 rings (SSSR count). The Hall–Kier alpha value is -0.710. The first-order valence-electron chi connectivity index (χ1n) is 7.35. The summed E-state index contributed by atoms with van der Waals surface area (Å²) in [5, 5.41) is 12.7. The number of hydrogen-bond acceptors (Lipinski definition) is 3. The van der Waals surface area contributed by atoms with Crippen LogP contribution >= 0.6 is 23.4 Å². The quantitative estimate of drug-likeness (QED) is 0.691. The second kappa shape index (κ2) is 10.9. The molecule has 1 unspecified atom stereocenters. The summed E-state index contributed by atoms with van der Waals surface area (Å²) in [6.07, 6.45) is 2.87. The molecule has 0 radical (unpaired) electrons. The van der Waals surface area contributed by atoms with Crippen molar-refractivity contribution in [3.63, 3.8) is 0 Å². The molecule has 1 aromatic carbocycles. The minimum absolute atomic E-state index is 0.0565. The van der Waals surface area contributed by atoms with Crippen molar-refractivity contribution >= 4 is 29.3 Å². The van der Waals surface area contributed by atoms with Crippen LogP contribution in [0.2, 0.25) is 5.02 Å². The number of aliphatic hydroxyl groups is 1. The fourth-order valence-electron chi connectivity index (χ4n) is 2.14. The van der Waals surface area contributed by atoms with E-state index in [0.29, 0.717) is 18.2 Å². The zero-order valence-corrected chi connectivity index (χ0v) is 14.1. The Morgan fingerprint density at radius 3 is 2.90 bits per heavy atom. The Morgan fingerprint density at radius 1 is 1.43 bits per heavy atom. The number of nitrogens with one attached hydrogen (secondary N) is 1. The van der Waals surface area contributed by atoms with Crippen LogP contribution in [0.15, 0.2) is 24.3 Å². The van der Waals surface area contributed by atoms with Crippen LogP contribution in [-0.4, -0.2) is 29.9 Å². The van der Waals surface area contributed by atoms with Crippen LogP contribution in [0.5, 0.6) is 0 Å². The minimum atomic E-state index is 0.0565. The zero-order valence-electron chi connectivity index (χ0n) is 12.5. The molecule has 2 N–H and O–H groups in total. The Balaban J connectivity index is 2.21. The van der Waals surface area contributed by atoms with Crippen molar-refractivity contribution in [2.75, 3.05) is 18.9 Å². The van der Waals surface area contributed by atoms with Crippen LogP contribution in [-0.2, 0) is 10.5 Å². The van der Waals surface area contributed by atoms with E-state index in [1.165, 1.54) is 0 Å². The number of thioether (sulfide) groups is 1. The highest BCUT2D eigenvalue weighted by molar-refractivity contribution is 7.99. The molecule has 0 spiro atoms. The molecule has 1 amide bonds. The van der Waals surface area contributed by atoms with E-state index < -0.39 is 0 Å². The molecule has 3 nitrogen and oxygen atoms in total. The van der Waals surface area contributed by atoms with Crippen LogP contribution in [0.3, 0.4) is 0 Å². The largest absolute Gasteiger partial charge is 0.396 e. The molecule has 1 atom stereocenters. The summed E-state index contributed by atoms with van der Waals surface area (Å²) in [4.78, 5) is 11.8. The second-order valence-electron chi connectivity index (χ2n) is 5.09. The third-order valence-corrected chi connectivity index (χ3v) is 4.45. The molecule has 0 bridgehead atoms. The van der Waals surface area contributed by atoms with Gasteiger partial charge in [0.05, 0.1) is 5.75 Å². The van der Waals surface area contributed by atoms with E-state index in [4.69, 9.17) is 16.7 Å². The van der Waals surface area contributed by atoms with Crippen molar-refractivity contribution in [2.24, 2.45) is 5.92 Å². The molecule has 21 heavy (non-hydrogen) atoms. The van der Waals surface area contributed by atoms with Gasteiger partial charge in [-0.25, -0.2) is 0 Å². The van der Waals surface area contributed by atoms with Gasteiger partial charge in [-0.3, -0.25) is 4.79 Å². The third kappa shape index (κ3) is 8.34.